The number of rotatable bonds is 4. The van der Waals surface area contributed by atoms with Crippen molar-refractivity contribution < 1.29 is 26.1 Å². The summed E-state index contributed by atoms with van der Waals surface area (Å²) < 4.78 is 67.9. The molecule has 3 aromatic rings. The van der Waals surface area contributed by atoms with Crippen LogP contribution >= 0.6 is 0 Å². The van der Waals surface area contributed by atoms with Crippen molar-refractivity contribution in [1.29, 1.82) is 0 Å². The van der Waals surface area contributed by atoms with Crippen molar-refractivity contribution in [2.24, 2.45) is 10.6 Å². The molecular weight excluding hydrogens is 421 g/mol. The van der Waals surface area contributed by atoms with Gasteiger partial charge in [0.25, 0.3) is 0 Å². The van der Waals surface area contributed by atoms with E-state index in [0.29, 0.717) is 0 Å². The summed E-state index contributed by atoms with van der Waals surface area (Å²) in [6, 6.07) is 8.77. The van der Waals surface area contributed by atoms with Crippen LogP contribution in [0.1, 0.15) is 42.8 Å². The molecule has 0 spiro atoms. The predicted octanol–water partition coefficient (Wildman–Crippen LogP) is 3.71. The number of aromatic nitrogens is 3. The molecule has 1 aliphatic rings. The van der Waals surface area contributed by atoms with Gasteiger partial charge in [-0.05, 0) is 35.2 Å². The Bertz CT molecular complexity index is 1200. The normalized spacial score (nSPS) is 20.9. The molecule has 4 rings (SSSR count). The average Bonchev–Trinajstić information content (AvgIpc) is 3.01. The third kappa shape index (κ3) is 3.47. The number of nitrogens with zero attached hydrogens (tertiary/aromatic N) is 3. The quantitative estimate of drug-likeness (QED) is 0.665. The monoisotopic (exact) mass is 438 g/mol. The van der Waals surface area contributed by atoms with Gasteiger partial charge >= 0.3 is 6.18 Å². The van der Waals surface area contributed by atoms with Crippen LogP contribution in [0.25, 0.3) is 11.4 Å². The van der Waals surface area contributed by atoms with Crippen LogP contribution in [0.15, 0.2) is 52.0 Å². The summed E-state index contributed by atoms with van der Waals surface area (Å²) >= 11 is 0. The number of halogens is 3. The Morgan fingerprint density at radius 2 is 1.77 bits per heavy atom. The van der Waals surface area contributed by atoms with E-state index >= 15 is 0 Å². The van der Waals surface area contributed by atoms with E-state index in [-0.39, 0.29) is 39.4 Å². The fraction of sp³-hybridized carbons (Fsp3) is 0.316. The molecule has 0 unspecified atom stereocenters. The molecule has 1 fully saturated rings. The third-order valence-corrected chi connectivity index (χ3v) is 6.35. The van der Waals surface area contributed by atoms with Crippen molar-refractivity contribution >= 4 is 10.0 Å². The van der Waals surface area contributed by atoms with Crippen LogP contribution in [0.3, 0.4) is 0 Å². The van der Waals surface area contributed by atoms with Crippen LogP contribution < -0.4 is 5.14 Å². The third-order valence-electron chi connectivity index (χ3n) is 5.42. The van der Waals surface area contributed by atoms with Gasteiger partial charge in [0.05, 0.1) is 16.4 Å². The molecule has 1 saturated carbocycles. The maximum Gasteiger partial charge on any atom is 0.434 e. The Balaban J connectivity index is 1.65. The summed E-state index contributed by atoms with van der Waals surface area (Å²) in [5.41, 5.74) is -0.807. The maximum atomic E-state index is 13.2. The molecule has 2 aromatic heterocycles. The van der Waals surface area contributed by atoms with E-state index in [0.717, 1.165) is 11.8 Å². The van der Waals surface area contributed by atoms with Crippen molar-refractivity contribution in [2.45, 2.75) is 36.8 Å². The minimum Gasteiger partial charge on any atom is -0.339 e. The first-order valence-electron chi connectivity index (χ1n) is 8.89. The Labute approximate surface area is 170 Å². The van der Waals surface area contributed by atoms with Crippen LogP contribution in [0.2, 0.25) is 0 Å². The Morgan fingerprint density at radius 1 is 1.10 bits per heavy atom. The lowest BCUT2D eigenvalue weighted by atomic mass is 10.0. The highest BCUT2D eigenvalue weighted by molar-refractivity contribution is 7.89. The Morgan fingerprint density at radius 3 is 2.37 bits per heavy atom. The zero-order chi connectivity index (χ0) is 21.9. The maximum absolute atomic E-state index is 13.2. The van der Waals surface area contributed by atoms with Gasteiger partial charge in [0, 0.05) is 12.1 Å². The number of benzene rings is 1. The molecule has 0 saturated heterocycles. The van der Waals surface area contributed by atoms with E-state index in [1.165, 1.54) is 24.3 Å². The molecule has 30 heavy (non-hydrogen) atoms. The van der Waals surface area contributed by atoms with Crippen LogP contribution in [0.5, 0.6) is 0 Å². The lowest BCUT2D eigenvalue weighted by Gasteiger charge is -2.08. The molecule has 0 radical (unpaired) electrons. The van der Waals surface area contributed by atoms with Gasteiger partial charge in [-0.15, -0.1) is 0 Å². The van der Waals surface area contributed by atoms with Crippen molar-refractivity contribution in [1.82, 2.24) is 15.1 Å². The van der Waals surface area contributed by atoms with Gasteiger partial charge in [-0.1, -0.05) is 31.1 Å². The van der Waals surface area contributed by atoms with Crippen molar-refractivity contribution in [3.05, 3.63) is 59.7 Å². The van der Waals surface area contributed by atoms with E-state index in [2.05, 4.69) is 15.1 Å². The largest absolute Gasteiger partial charge is 0.434 e. The van der Waals surface area contributed by atoms with Crippen LogP contribution in [-0.2, 0) is 16.2 Å². The average molecular weight is 438 g/mol. The van der Waals surface area contributed by atoms with Gasteiger partial charge in [0.1, 0.15) is 0 Å². The van der Waals surface area contributed by atoms with E-state index in [1.807, 2.05) is 13.8 Å². The first-order valence-corrected chi connectivity index (χ1v) is 10.4. The first-order chi connectivity index (χ1) is 13.9. The van der Waals surface area contributed by atoms with Gasteiger partial charge in [-0.3, -0.25) is 4.98 Å². The van der Waals surface area contributed by atoms with Crippen molar-refractivity contribution in [3.8, 4) is 11.4 Å². The molecule has 2 heterocycles. The zero-order valence-electron chi connectivity index (χ0n) is 15.9. The second-order valence-electron chi connectivity index (χ2n) is 7.74. The second-order valence-corrected chi connectivity index (χ2v) is 9.31. The number of sulfonamides is 1. The number of primary sulfonamides is 1. The molecule has 0 bridgehead atoms. The van der Waals surface area contributed by atoms with Crippen molar-refractivity contribution in [3.63, 3.8) is 0 Å². The van der Waals surface area contributed by atoms with Gasteiger partial charge in [-0.2, -0.15) is 18.2 Å². The molecule has 7 nitrogen and oxygen atoms in total. The summed E-state index contributed by atoms with van der Waals surface area (Å²) in [6.07, 6.45) is -3.59. The number of pyridine rings is 1. The minimum absolute atomic E-state index is 0.00223. The van der Waals surface area contributed by atoms with Gasteiger partial charge in [0.2, 0.25) is 21.7 Å². The second kappa shape index (κ2) is 6.61. The van der Waals surface area contributed by atoms with Gasteiger partial charge in [-0.25, -0.2) is 13.6 Å². The van der Waals surface area contributed by atoms with Gasteiger partial charge < -0.3 is 4.52 Å². The van der Waals surface area contributed by atoms with Crippen molar-refractivity contribution in [2.75, 3.05) is 0 Å². The molecule has 2 N–H and O–H groups in total. The van der Waals surface area contributed by atoms with E-state index in [9.17, 15) is 21.6 Å². The Kier molecular flexibility index (Phi) is 4.51. The zero-order valence-corrected chi connectivity index (χ0v) is 16.7. The summed E-state index contributed by atoms with van der Waals surface area (Å²) in [4.78, 5) is 7.62. The highest BCUT2D eigenvalue weighted by Gasteiger charge is 2.62. The standard InChI is InChI=1S/C19H17F3N4O3S/c1-18(2)13(10-5-7-11(8-6-10)30(23,27)28)14(18)17-25-16(26-29-17)12-4-3-9-24-15(12)19(20,21)22/h3-9,13-14H,1-2H3,(H2,23,27,28)/t13-,14+/m0/s1. The van der Waals surface area contributed by atoms with E-state index in [4.69, 9.17) is 9.66 Å². The number of alkyl halides is 3. The molecule has 2 atom stereocenters. The molecule has 158 valence electrons. The smallest absolute Gasteiger partial charge is 0.339 e. The number of hydrogen-bond donors (Lipinski definition) is 1. The van der Waals surface area contributed by atoms with Crippen LogP contribution in [-0.4, -0.2) is 23.5 Å². The molecule has 1 aliphatic carbocycles. The van der Waals surface area contributed by atoms with Crippen LogP contribution in [0, 0.1) is 5.41 Å². The minimum atomic E-state index is -4.65. The molecule has 0 amide bonds. The lowest BCUT2D eigenvalue weighted by molar-refractivity contribution is -0.140. The Hall–Kier alpha value is -2.79. The SMILES string of the molecule is CC1(C)[C@@H](c2ccc(S(N)(=O)=O)cc2)[C@@H]1c1nc(-c2cccnc2C(F)(F)F)no1. The molecule has 0 aliphatic heterocycles. The lowest BCUT2D eigenvalue weighted by Crippen LogP contribution is -2.11. The molecule has 11 heteroatoms. The predicted molar refractivity (Wildman–Crippen MR) is 99.6 cm³/mol. The number of nitrogens with two attached hydrogens (primary N) is 1. The summed E-state index contributed by atoms with van der Waals surface area (Å²) in [7, 11) is -3.80. The highest BCUT2D eigenvalue weighted by atomic mass is 32.2. The summed E-state index contributed by atoms with van der Waals surface area (Å²) in [5.74, 6) is -0.273. The van der Waals surface area contributed by atoms with Crippen LogP contribution in [0.4, 0.5) is 13.2 Å². The van der Waals surface area contributed by atoms with E-state index < -0.39 is 21.9 Å². The van der Waals surface area contributed by atoms with E-state index in [1.54, 1.807) is 12.1 Å². The fourth-order valence-electron chi connectivity index (χ4n) is 3.87. The summed E-state index contributed by atoms with van der Waals surface area (Å²) in [6.45, 7) is 3.93. The van der Waals surface area contributed by atoms with Gasteiger partial charge in [0.15, 0.2) is 5.69 Å². The fourth-order valence-corrected chi connectivity index (χ4v) is 4.38. The highest BCUT2D eigenvalue weighted by Crippen LogP contribution is 2.69. The molecule has 1 aromatic carbocycles. The topological polar surface area (TPSA) is 112 Å². The first kappa shape index (κ1) is 20.5. The number of hydrogen-bond acceptors (Lipinski definition) is 6. The summed E-state index contributed by atoms with van der Waals surface area (Å²) in [5, 5.41) is 8.86. The molecular formula is C19H17F3N4O3S.